The molecule has 0 spiro atoms. The first-order valence-electron chi connectivity index (χ1n) is 10.1. The minimum absolute atomic E-state index is 0. The molecule has 10 nitrogen and oxygen atoms in total. The number of tetrazole rings is 1. The van der Waals surface area contributed by atoms with Crippen molar-refractivity contribution in [3.8, 4) is 11.4 Å². The number of carbonyl (C=O) groups is 1. The summed E-state index contributed by atoms with van der Waals surface area (Å²) in [5.41, 5.74) is 4.39. The maximum absolute atomic E-state index is 12.8. The Hall–Kier alpha value is -4.31. The van der Waals surface area contributed by atoms with Gasteiger partial charge in [0.1, 0.15) is 5.82 Å². The van der Waals surface area contributed by atoms with Gasteiger partial charge in [-0.15, -0.1) is 22.6 Å². The molecule has 0 radical (unpaired) electrons. The Morgan fingerprint density at radius 1 is 1.09 bits per heavy atom. The van der Waals surface area contributed by atoms with Gasteiger partial charge >= 0.3 is 0 Å². The van der Waals surface area contributed by atoms with Crippen LogP contribution in [0.2, 0.25) is 0 Å². The lowest BCUT2D eigenvalue weighted by Gasteiger charge is -2.11. The SMILES string of the molecule is CCc1cc(Nc2ccc(C(=O)Nc3ccccc3-c3nn[nH]n3)cc2)n2nccc2n1.Cl. The predicted octanol–water partition coefficient (Wildman–Crippen LogP) is 3.89. The van der Waals surface area contributed by atoms with Crippen molar-refractivity contribution in [2.45, 2.75) is 13.3 Å². The summed E-state index contributed by atoms with van der Waals surface area (Å²) in [6.07, 6.45) is 2.54. The van der Waals surface area contributed by atoms with Crippen LogP contribution in [0.5, 0.6) is 0 Å². The highest BCUT2D eigenvalue weighted by molar-refractivity contribution is 6.06. The van der Waals surface area contributed by atoms with Gasteiger partial charge in [-0.3, -0.25) is 4.79 Å². The smallest absolute Gasteiger partial charge is 0.255 e. The summed E-state index contributed by atoms with van der Waals surface area (Å²) in [6, 6.07) is 18.4. The zero-order chi connectivity index (χ0) is 21.9. The van der Waals surface area contributed by atoms with Crippen molar-refractivity contribution in [3.63, 3.8) is 0 Å². The summed E-state index contributed by atoms with van der Waals surface area (Å²) >= 11 is 0. The third-order valence-corrected chi connectivity index (χ3v) is 4.96. The standard InChI is InChI=1S/C22H19N9O.ClH/c1-2-15-13-20(31-19(24-15)11-12-23-31)25-16-9-7-14(8-10-16)22(32)26-18-6-4-3-5-17(18)21-27-29-30-28-21;/h3-13,25H,2H2,1H3,(H,26,32)(H,27,28,29,30);1H. The number of anilines is 3. The number of rotatable bonds is 6. The molecule has 33 heavy (non-hydrogen) atoms. The van der Waals surface area contributed by atoms with Gasteiger partial charge in [-0.05, 0) is 48.0 Å². The van der Waals surface area contributed by atoms with E-state index < -0.39 is 0 Å². The quantitative estimate of drug-likeness (QED) is 0.350. The minimum Gasteiger partial charge on any atom is -0.340 e. The summed E-state index contributed by atoms with van der Waals surface area (Å²) in [7, 11) is 0. The lowest BCUT2D eigenvalue weighted by Crippen LogP contribution is -2.12. The summed E-state index contributed by atoms with van der Waals surface area (Å²) in [5.74, 6) is 0.983. The molecule has 5 rings (SSSR count). The molecule has 3 N–H and O–H groups in total. The number of fused-ring (bicyclic) bond motifs is 1. The number of nitrogens with zero attached hydrogens (tertiary/aromatic N) is 6. The van der Waals surface area contributed by atoms with E-state index in [-0.39, 0.29) is 18.3 Å². The first-order chi connectivity index (χ1) is 15.7. The number of hydrogen-bond acceptors (Lipinski definition) is 7. The first kappa shape index (κ1) is 21.9. The molecule has 0 bridgehead atoms. The van der Waals surface area contributed by atoms with Crippen LogP contribution in [0.1, 0.15) is 23.0 Å². The number of H-pyrrole nitrogens is 1. The summed E-state index contributed by atoms with van der Waals surface area (Å²) in [6.45, 7) is 2.06. The topological polar surface area (TPSA) is 126 Å². The molecule has 0 unspecified atom stereocenters. The van der Waals surface area contributed by atoms with Crippen molar-refractivity contribution >= 4 is 41.2 Å². The van der Waals surface area contributed by atoms with Gasteiger partial charge < -0.3 is 10.6 Å². The third kappa shape index (κ3) is 4.51. The molecule has 0 saturated carbocycles. The maximum Gasteiger partial charge on any atom is 0.255 e. The van der Waals surface area contributed by atoms with Crippen LogP contribution in [0.25, 0.3) is 17.0 Å². The number of amides is 1. The number of benzene rings is 2. The van der Waals surface area contributed by atoms with Crippen molar-refractivity contribution in [3.05, 3.63) is 78.1 Å². The number of aromatic amines is 1. The molecule has 0 aliphatic heterocycles. The van der Waals surface area contributed by atoms with Gasteiger partial charge in [-0.25, -0.2) is 4.98 Å². The fraction of sp³-hybridized carbons (Fsp3) is 0.0909. The van der Waals surface area contributed by atoms with Gasteiger partial charge in [0.25, 0.3) is 5.91 Å². The van der Waals surface area contributed by atoms with Gasteiger partial charge in [0.05, 0.1) is 11.9 Å². The Morgan fingerprint density at radius 3 is 2.67 bits per heavy atom. The molecule has 0 fully saturated rings. The Kier molecular flexibility index (Phi) is 6.27. The average molecular weight is 462 g/mol. The van der Waals surface area contributed by atoms with Crippen LogP contribution >= 0.6 is 12.4 Å². The number of para-hydroxylation sites is 1. The van der Waals surface area contributed by atoms with Crippen LogP contribution < -0.4 is 10.6 Å². The highest BCUT2D eigenvalue weighted by Crippen LogP contribution is 2.25. The summed E-state index contributed by atoms with van der Waals surface area (Å²) in [4.78, 5) is 17.4. The van der Waals surface area contributed by atoms with Gasteiger partial charge in [-0.1, -0.05) is 19.1 Å². The molecule has 2 aromatic carbocycles. The van der Waals surface area contributed by atoms with Gasteiger partial charge in [0.15, 0.2) is 5.65 Å². The maximum atomic E-state index is 12.8. The lowest BCUT2D eigenvalue weighted by atomic mass is 10.1. The van der Waals surface area contributed by atoms with Crippen LogP contribution in [0.3, 0.4) is 0 Å². The van der Waals surface area contributed by atoms with E-state index in [9.17, 15) is 4.79 Å². The molecule has 0 saturated heterocycles. The molecule has 1 amide bonds. The molecule has 11 heteroatoms. The van der Waals surface area contributed by atoms with E-state index in [0.717, 1.165) is 29.3 Å². The molecule has 166 valence electrons. The van der Waals surface area contributed by atoms with Crippen molar-refractivity contribution < 1.29 is 4.79 Å². The molecule has 3 aromatic heterocycles. The monoisotopic (exact) mass is 461 g/mol. The van der Waals surface area contributed by atoms with E-state index in [1.54, 1.807) is 28.9 Å². The van der Waals surface area contributed by atoms with E-state index in [2.05, 4.69) is 48.3 Å². The second-order valence-electron chi connectivity index (χ2n) is 7.02. The molecule has 0 aliphatic rings. The predicted molar refractivity (Wildman–Crippen MR) is 127 cm³/mol. The number of aryl methyl sites for hydroxylation is 1. The first-order valence-corrected chi connectivity index (χ1v) is 10.1. The summed E-state index contributed by atoms with van der Waals surface area (Å²) < 4.78 is 1.74. The minimum atomic E-state index is -0.237. The number of hydrogen-bond donors (Lipinski definition) is 3. The molecule has 3 heterocycles. The summed E-state index contributed by atoms with van der Waals surface area (Å²) in [5, 5.41) is 24.6. The van der Waals surface area contributed by atoms with E-state index >= 15 is 0 Å². The Morgan fingerprint density at radius 2 is 1.91 bits per heavy atom. The van der Waals surface area contributed by atoms with Crippen LogP contribution in [0.4, 0.5) is 17.2 Å². The highest BCUT2D eigenvalue weighted by atomic mass is 35.5. The average Bonchev–Trinajstić information content (AvgIpc) is 3.52. The van der Waals surface area contributed by atoms with Gasteiger partial charge in [0.2, 0.25) is 5.82 Å². The normalized spacial score (nSPS) is 10.6. The number of carbonyl (C=O) groups excluding carboxylic acids is 1. The highest BCUT2D eigenvalue weighted by Gasteiger charge is 2.13. The number of nitrogens with one attached hydrogen (secondary N) is 3. The van der Waals surface area contributed by atoms with E-state index in [0.29, 0.717) is 22.6 Å². The molecular weight excluding hydrogens is 442 g/mol. The molecular formula is C22H20ClN9O. The van der Waals surface area contributed by atoms with E-state index in [1.807, 2.05) is 42.5 Å². The van der Waals surface area contributed by atoms with Crippen molar-refractivity contribution in [1.82, 2.24) is 35.2 Å². The van der Waals surface area contributed by atoms with Gasteiger partial charge in [-0.2, -0.15) is 14.8 Å². The molecule has 5 aromatic rings. The lowest BCUT2D eigenvalue weighted by molar-refractivity contribution is 0.102. The third-order valence-electron chi connectivity index (χ3n) is 4.96. The van der Waals surface area contributed by atoms with Crippen molar-refractivity contribution in [1.29, 1.82) is 0 Å². The fourth-order valence-corrected chi connectivity index (χ4v) is 3.35. The molecule has 0 atom stereocenters. The Balaban J connectivity index is 0.00000259. The van der Waals surface area contributed by atoms with Crippen molar-refractivity contribution in [2.24, 2.45) is 0 Å². The van der Waals surface area contributed by atoms with E-state index in [1.165, 1.54) is 0 Å². The number of halogens is 1. The number of aromatic nitrogens is 7. The second-order valence-corrected chi connectivity index (χ2v) is 7.02. The zero-order valence-electron chi connectivity index (χ0n) is 17.6. The Bertz CT molecular complexity index is 1380. The second kappa shape index (κ2) is 9.45. The van der Waals surface area contributed by atoms with Gasteiger partial charge in [0, 0.05) is 34.6 Å². The fourth-order valence-electron chi connectivity index (χ4n) is 3.35. The largest absolute Gasteiger partial charge is 0.340 e. The molecule has 0 aliphatic carbocycles. The van der Waals surface area contributed by atoms with Crippen LogP contribution in [-0.4, -0.2) is 41.1 Å². The zero-order valence-corrected chi connectivity index (χ0v) is 18.4. The Labute approximate surface area is 194 Å². The van der Waals surface area contributed by atoms with Crippen molar-refractivity contribution in [2.75, 3.05) is 10.6 Å². The van der Waals surface area contributed by atoms with Crippen LogP contribution in [0, 0.1) is 0 Å². The van der Waals surface area contributed by atoms with E-state index in [4.69, 9.17) is 0 Å². The van der Waals surface area contributed by atoms with Crippen LogP contribution in [-0.2, 0) is 6.42 Å². The van der Waals surface area contributed by atoms with Crippen LogP contribution in [0.15, 0.2) is 66.9 Å².